The molecule has 1 unspecified atom stereocenters. The quantitative estimate of drug-likeness (QED) is 0.798. The molecule has 0 aliphatic heterocycles. The van der Waals surface area contributed by atoms with E-state index < -0.39 is 11.5 Å². The van der Waals surface area contributed by atoms with Crippen molar-refractivity contribution in [2.45, 2.75) is 72.3 Å². The number of aliphatic hydroxyl groups excluding tert-OH is 1. The third-order valence-corrected chi connectivity index (χ3v) is 5.15. The normalized spacial score (nSPS) is 30.4. The van der Waals surface area contributed by atoms with Crippen molar-refractivity contribution in [3.63, 3.8) is 0 Å². The van der Waals surface area contributed by atoms with Crippen LogP contribution in [-0.2, 0) is 0 Å². The van der Waals surface area contributed by atoms with Crippen molar-refractivity contribution in [2.24, 2.45) is 23.2 Å². The van der Waals surface area contributed by atoms with Gasteiger partial charge in [0.1, 0.15) is 0 Å². The van der Waals surface area contributed by atoms with Crippen LogP contribution in [0.4, 0.5) is 0 Å². The minimum Gasteiger partial charge on any atom is -0.391 e. The molecular weight excluding hydrogens is 222 g/mol. The van der Waals surface area contributed by atoms with Crippen molar-refractivity contribution in [3.8, 4) is 6.07 Å². The number of rotatable bonds is 5. The van der Waals surface area contributed by atoms with E-state index in [9.17, 15) is 10.4 Å². The second kappa shape index (κ2) is 6.57. The highest BCUT2D eigenvalue weighted by molar-refractivity contribution is 5.07. The molecule has 0 saturated heterocycles. The zero-order chi connectivity index (χ0) is 13.8. The molecule has 1 rings (SSSR count). The first kappa shape index (κ1) is 15.5. The molecule has 1 aliphatic carbocycles. The maximum atomic E-state index is 10.6. The first-order chi connectivity index (χ1) is 8.50. The Morgan fingerprint density at radius 2 is 1.72 bits per heavy atom. The Balaban J connectivity index is 2.74. The van der Waals surface area contributed by atoms with E-state index in [1.807, 2.05) is 0 Å². The van der Waals surface area contributed by atoms with Gasteiger partial charge in [-0.2, -0.15) is 5.26 Å². The smallest absolute Gasteiger partial charge is 0.0835 e. The van der Waals surface area contributed by atoms with E-state index in [-0.39, 0.29) is 5.92 Å². The summed E-state index contributed by atoms with van der Waals surface area (Å²) in [5.74, 6) is 1.72. The van der Waals surface area contributed by atoms with Crippen molar-refractivity contribution < 1.29 is 5.11 Å². The Bertz CT molecular complexity index is 280. The molecule has 1 fully saturated rings. The molecular formula is C16H29NO. The highest BCUT2D eigenvalue weighted by Gasteiger charge is 2.44. The minimum absolute atomic E-state index is 0.278. The number of nitrogens with zero attached hydrogens (tertiary/aromatic N) is 1. The van der Waals surface area contributed by atoms with Gasteiger partial charge in [-0.25, -0.2) is 0 Å². The number of hydrogen-bond acceptors (Lipinski definition) is 2. The summed E-state index contributed by atoms with van der Waals surface area (Å²) < 4.78 is 0. The molecule has 0 aromatic carbocycles. The summed E-state index contributed by atoms with van der Waals surface area (Å²) >= 11 is 0. The molecule has 2 nitrogen and oxygen atoms in total. The predicted octanol–water partition coefficient (Wildman–Crippen LogP) is 4.14. The summed E-state index contributed by atoms with van der Waals surface area (Å²) in [6, 6.07) is 2.48. The average molecular weight is 251 g/mol. The summed E-state index contributed by atoms with van der Waals surface area (Å²) in [7, 11) is 0. The van der Waals surface area contributed by atoms with Gasteiger partial charge in [-0.05, 0) is 43.4 Å². The second-order valence-electron chi connectivity index (χ2n) is 6.37. The molecule has 0 amide bonds. The molecule has 1 N–H and O–H groups in total. The summed E-state index contributed by atoms with van der Waals surface area (Å²) in [6.07, 6.45) is 5.45. The van der Waals surface area contributed by atoms with Gasteiger partial charge in [-0.3, -0.25) is 0 Å². The van der Waals surface area contributed by atoms with E-state index in [0.717, 1.165) is 44.4 Å². The van der Waals surface area contributed by atoms with Crippen LogP contribution >= 0.6 is 0 Å². The molecule has 1 atom stereocenters. The Morgan fingerprint density at radius 3 is 2.06 bits per heavy atom. The molecule has 0 heterocycles. The minimum atomic E-state index is -0.470. The molecule has 0 aromatic heterocycles. The number of aliphatic hydroxyl groups is 1. The highest BCUT2D eigenvalue weighted by Crippen LogP contribution is 2.45. The van der Waals surface area contributed by atoms with Crippen LogP contribution < -0.4 is 0 Å². The van der Waals surface area contributed by atoms with E-state index in [0.29, 0.717) is 5.92 Å². The van der Waals surface area contributed by atoms with Gasteiger partial charge in [-0.1, -0.05) is 40.5 Å². The van der Waals surface area contributed by atoms with Crippen molar-refractivity contribution in [2.75, 3.05) is 0 Å². The van der Waals surface area contributed by atoms with Crippen molar-refractivity contribution in [1.29, 1.82) is 5.26 Å². The molecule has 18 heavy (non-hydrogen) atoms. The molecule has 2 heteroatoms. The van der Waals surface area contributed by atoms with E-state index in [1.165, 1.54) is 0 Å². The topological polar surface area (TPSA) is 44.0 Å². The molecule has 0 aromatic rings. The zero-order valence-corrected chi connectivity index (χ0v) is 12.4. The Kier molecular flexibility index (Phi) is 5.66. The largest absolute Gasteiger partial charge is 0.391 e. The van der Waals surface area contributed by atoms with Gasteiger partial charge in [-0.15, -0.1) is 0 Å². The van der Waals surface area contributed by atoms with Gasteiger partial charge in [0.25, 0.3) is 0 Å². The molecule has 0 radical (unpaired) electrons. The Morgan fingerprint density at radius 1 is 1.22 bits per heavy atom. The van der Waals surface area contributed by atoms with Crippen LogP contribution in [-0.4, -0.2) is 11.2 Å². The predicted molar refractivity (Wildman–Crippen MR) is 74.9 cm³/mol. The fraction of sp³-hybridized carbons (Fsp3) is 0.938. The summed E-state index contributed by atoms with van der Waals surface area (Å²) in [6.45, 7) is 8.76. The molecule has 104 valence electrons. The lowest BCUT2D eigenvalue weighted by atomic mass is 9.63. The fourth-order valence-corrected chi connectivity index (χ4v) is 3.48. The van der Waals surface area contributed by atoms with E-state index in [1.54, 1.807) is 0 Å². The maximum absolute atomic E-state index is 10.6. The van der Waals surface area contributed by atoms with E-state index in [2.05, 4.69) is 33.8 Å². The van der Waals surface area contributed by atoms with Gasteiger partial charge < -0.3 is 5.11 Å². The molecule has 1 aliphatic rings. The van der Waals surface area contributed by atoms with Gasteiger partial charge in [0.2, 0.25) is 0 Å². The Hall–Kier alpha value is -0.550. The Labute approximate surface area is 112 Å². The van der Waals surface area contributed by atoms with Crippen LogP contribution in [0.15, 0.2) is 0 Å². The van der Waals surface area contributed by atoms with Gasteiger partial charge in [0.15, 0.2) is 0 Å². The van der Waals surface area contributed by atoms with Crippen LogP contribution in [0.3, 0.4) is 0 Å². The average Bonchev–Trinajstić information content (AvgIpc) is 2.40. The monoisotopic (exact) mass is 251 g/mol. The zero-order valence-electron chi connectivity index (χ0n) is 12.4. The first-order valence-corrected chi connectivity index (χ1v) is 7.60. The van der Waals surface area contributed by atoms with E-state index in [4.69, 9.17) is 0 Å². The van der Waals surface area contributed by atoms with Crippen LogP contribution in [0.25, 0.3) is 0 Å². The summed E-state index contributed by atoms with van der Waals surface area (Å²) in [4.78, 5) is 0. The van der Waals surface area contributed by atoms with Crippen molar-refractivity contribution >= 4 is 0 Å². The number of hydrogen-bond donors (Lipinski definition) is 1. The standard InChI is InChI=1S/C16H29NO/c1-5-13(6-2)15(18)16(11-17)9-7-14(8-10-16)12(3)4/h12-15,18H,5-10H2,1-4H3. The third kappa shape index (κ3) is 3.06. The maximum Gasteiger partial charge on any atom is 0.0835 e. The second-order valence-corrected chi connectivity index (χ2v) is 6.37. The van der Waals surface area contributed by atoms with Gasteiger partial charge >= 0.3 is 0 Å². The highest BCUT2D eigenvalue weighted by atomic mass is 16.3. The van der Waals surface area contributed by atoms with Gasteiger partial charge in [0, 0.05) is 0 Å². The number of nitriles is 1. The SMILES string of the molecule is CCC(CC)C(O)C1(C#N)CCC(C(C)C)CC1. The third-order valence-electron chi connectivity index (χ3n) is 5.15. The molecule has 0 bridgehead atoms. The van der Waals surface area contributed by atoms with Crippen LogP contribution in [0.2, 0.25) is 0 Å². The molecule has 1 saturated carbocycles. The lowest BCUT2D eigenvalue weighted by Crippen LogP contribution is -2.42. The lowest BCUT2D eigenvalue weighted by molar-refractivity contribution is -0.0213. The summed E-state index contributed by atoms with van der Waals surface area (Å²) in [5, 5.41) is 20.2. The first-order valence-electron chi connectivity index (χ1n) is 7.60. The van der Waals surface area contributed by atoms with Crippen LogP contribution in [0, 0.1) is 34.5 Å². The van der Waals surface area contributed by atoms with Crippen molar-refractivity contribution in [1.82, 2.24) is 0 Å². The van der Waals surface area contributed by atoms with E-state index >= 15 is 0 Å². The lowest BCUT2D eigenvalue weighted by Gasteiger charge is -2.42. The van der Waals surface area contributed by atoms with Gasteiger partial charge in [0.05, 0.1) is 17.6 Å². The fourth-order valence-electron chi connectivity index (χ4n) is 3.48. The van der Waals surface area contributed by atoms with Crippen LogP contribution in [0.5, 0.6) is 0 Å². The van der Waals surface area contributed by atoms with Crippen molar-refractivity contribution in [3.05, 3.63) is 0 Å². The van der Waals surface area contributed by atoms with Crippen LogP contribution in [0.1, 0.15) is 66.2 Å². The molecule has 0 spiro atoms. The summed E-state index contributed by atoms with van der Waals surface area (Å²) in [5.41, 5.74) is -0.470.